The highest BCUT2D eigenvalue weighted by atomic mass is 16.5. The monoisotopic (exact) mass is 372 g/mol. The van der Waals surface area contributed by atoms with E-state index in [1.807, 2.05) is 36.1 Å². The number of nitrogens with one attached hydrogen (secondary N) is 2. The topological polar surface area (TPSA) is 108 Å². The van der Waals surface area contributed by atoms with Gasteiger partial charge in [-0.15, -0.1) is 0 Å². The number of benzene rings is 1. The van der Waals surface area contributed by atoms with Gasteiger partial charge in [0, 0.05) is 17.6 Å². The van der Waals surface area contributed by atoms with E-state index in [0.717, 1.165) is 24.2 Å². The van der Waals surface area contributed by atoms with Crippen molar-refractivity contribution in [1.82, 2.24) is 20.4 Å². The molecule has 1 amide bonds. The molecule has 0 spiro atoms. The minimum absolute atomic E-state index is 0.0353. The van der Waals surface area contributed by atoms with Crippen LogP contribution in [0, 0.1) is 0 Å². The van der Waals surface area contributed by atoms with Crippen LogP contribution in [0.2, 0.25) is 0 Å². The molecule has 0 aliphatic heterocycles. The molecule has 0 bridgehead atoms. The van der Waals surface area contributed by atoms with E-state index in [2.05, 4.69) is 15.5 Å². The van der Waals surface area contributed by atoms with Crippen molar-refractivity contribution in [3.05, 3.63) is 36.0 Å². The van der Waals surface area contributed by atoms with E-state index in [0.29, 0.717) is 17.9 Å². The predicted molar refractivity (Wildman–Crippen MR) is 99.7 cm³/mol. The first-order valence-electron chi connectivity index (χ1n) is 8.96. The fourth-order valence-corrected chi connectivity index (χ4v) is 3.29. The molecule has 3 rings (SSSR count). The zero-order chi connectivity index (χ0) is 19.4. The van der Waals surface area contributed by atoms with Gasteiger partial charge in [-0.3, -0.25) is 19.6 Å². The van der Waals surface area contributed by atoms with E-state index in [9.17, 15) is 9.59 Å². The molecule has 3 N–H and O–H groups in total. The average molecular weight is 372 g/mol. The zero-order valence-electron chi connectivity index (χ0n) is 15.4. The fourth-order valence-electron chi connectivity index (χ4n) is 3.29. The van der Waals surface area contributed by atoms with Gasteiger partial charge in [0.05, 0.1) is 19.3 Å². The van der Waals surface area contributed by atoms with E-state index in [1.54, 1.807) is 13.2 Å². The van der Waals surface area contributed by atoms with Gasteiger partial charge in [-0.1, -0.05) is 6.92 Å². The molecule has 0 saturated heterocycles. The lowest BCUT2D eigenvalue weighted by atomic mass is 9.85. The van der Waals surface area contributed by atoms with Gasteiger partial charge < -0.3 is 15.2 Å². The van der Waals surface area contributed by atoms with Gasteiger partial charge in [-0.05, 0) is 49.7 Å². The van der Waals surface area contributed by atoms with Crippen molar-refractivity contribution in [2.75, 3.05) is 20.2 Å². The van der Waals surface area contributed by atoms with Crippen molar-refractivity contribution in [2.24, 2.45) is 0 Å². The van der Waals surface area contributed by atoms with Crippen LogP contribution in [-0.4, -0.2) is 64.4 Å². The quantitative estimate of drug-likeness (QED) is 0.652. The minimum atomic E-state index is -0.826. The van der Waals surface area contributed by atoms with Crippen LogP contribution in [0.1, 0.15) is 30.3 Å². The standard InChI is InChI=1S/C19H24N4O4/c1-3-23(11-18(24)25)14-8-13(9-14)20-19(26)17-10-16(21-22-17)12-4-6-15(27-2)7-5-12/h4-7,10,13-14H,3,8-9,11H2,1-2H3,(H,20,26)(H,21,22)(H,24,25). The molecule has 0 unspecified atom stereocenters. The summed E-state index contributed by atoms with van der Waals surface area (Å²) in [5.74, 6) is -0.268. The van der Waals surface area contributed by atoms with Gasteiger partial charge in [-0.25, -0.2) is 0 Å². The summed E-state index contributed by atoms with van der Waals surface area (Å²) in [5.41, 5.74) is 1.98. The fraction of sp³-hybridized carbons (Fsp3) is 0.421. The number of carboxylic acid groups (broad SMARTS) is 1. The summed E-state index contributed by atoms with van der Waals surface area (Å²) in [6, 6.07) is 9.43. The van der Waals surface area contributed by atoms with Crippen molar-refractivity contribution in [2.45, 2.75) is 31.8 Å². The summed E-state index contributed by atoms with van der Waals surface area (Å²) in [6.07, 6.45) is 1.51. The summed E-state index contributed by atoms with van der Waals surface area (Å²) >= 11 is 0. The SMILES string of the molecule is CCN(CC(=O)O)C1CC(NC(=O)c2cc(-c3ccc(OC)cc3)n[nH]2)C1. The molecule has 8 nitrogen and oxygen atoms in total. The number of carbonyl (C=O) groups is 2. The molecule has 1 aromatic carbocycles. The predicted octanol–water partition coefficient (Wildman–Crippen LogP) is 1.75. The van der Waals surface area contributed by atoms with Gasteiger partial charge in [0.2, 0.25) is 0 Å². The molecule has 8 heteroatoms. The second-order valence-electron chi connectivity index (χ2n) is 6.65. The van der Waals surface area contributed by atoms with Gasteiger partial charge >= 0.3 is 5.97 Å². The molecular formula is C19H24N4O4. The molecule has 1 heterocycles. The first-order valence-corrected chi connectivity index (χ1v) is 8.96. The van der Waals surface area contributed by atoms with Crippen LogP contribution in [0.25, 0.3) is 11.3 Å². The number of H-pyrrole nitrogens is 1. The number of amides is 1. The molecule has 0 radical (unpaired) electrons. The van der Waals surface area contributed by atoms with E-state index in [-0.39, 0.29) is 24.5 Å². The Kier molecular flexibility index (Phi) is 5.75. The number of methoxy groups -OCH3 is 1. The lowest BCUT2D eigenvalue weighted by Gasteiger charge is -2.42. The highest BCUT2D eigenvalue weighted by Gasteiger charge is 2.35. The third-order valence-corrected chi connectivity index (χ3v) is 4.92. The Morgan fingerprint density at radius 2 is 2.04 bits per heavy atom. The largest absolute Gasteiger partial charge is 0.497 e. The van der Waals surface area contributed by atoms with Crippen molar-refractivity contribution in [3.8, 4) is 17.0 Å². The number of hydrogen-bond donors (Lipinski definition) is 3. The Hall–Kier alpha value is -2.87. The van der Waals surface area contributed by atoms with Crippen LogP contribution in [0.15, 0.2) is 30.3 Å². The molecular weight excluding hydrogens is 348 g/mol. The summed E-state index contributed by atoms with van der Waals surface area (Å²) in [7, 11) is 1.61. The smallest absolute Gasteiger partial charge is 0.317 e. The van der Waals surface area contributed by atoms with Gasteiger partial charge in [0.1, 0.15) is 11.4 Å². The van der Waals surface area contributed by atoms with E-state index in [1.165, 1.54) is 0 Å². The van der Waals surface area contributed by atoms with Crippen LogP contribution in [0.4, 0.5) is 0 Å². The molecule has 1 aromatic heterocycles. The maximum atomic E-state index is 12.4. The zero-order valence-corrected chi connectivity index (χ0v) is 15.4. The first-order chi connectivity index (χ1) is 13.0. The third kappa shape index (κ3) is 4.46. The maximum absolute atomic E-state index is 12.4. The normalized spacial score (nSPS) is 18.8. The van der Waals surface area contributed by atoms with E-state index in [4.69, 9.17) is 9.84 Å². The maximum Gasteiger partial charge on any atom is 0.317 e. The molecule has 0 atom stereocenters. The first kappa shape index (κ1) is 18.9. The Bertz CT molecular complexity index is 796. The van der Waals surface area contributed by atoms with E-state index < -0.39 is 5.97 Å². The number of carboxylic acids is 1. The summed E-state index contributed by atoms with van der Waals surface area (Å²) in [6.45, 7) is 2.66. The molecule has 1 aliphatic rings. The summed E-state index contributed by atoms with van der Waals surface area (Å²) in [4.78, 5) is 25.2. The number of aliphatic carboxylic acids is 1. The Balaban J connectivity index is 1.54. The van der Waals surface area contributed by atoms with Crippen LogP contribution in [-0.2, 0) is 4.79 Å². The van der Waals surface area contributed by atoms with Crippen molar-refractivity contribution >= 4 is 11.9 Å². The Labute approximate surface area is 157 Å². The average Bonchev–Trinajstić information content (AvgIpc) is 3.12. The number of carbonyl (C=O) groups excluding carboxylic acids is 1. The summed E-state index contributed by atoms with van der Waals surface area (Å²) in [5, 5.41) is 18.9. The van der Waals surface area contributed by atoms with E-state index >= 15 is 0 Å². The van der Waals surface area contributed by atoms with Crippen molar-refractivity contribution in [3.63, 3.8) is 0 Å². The second kappa shape index (κ2) is 8.22. The molecule has 1 fully saturated rings. The second-order valence-corrected chi connectivity index (χ2v) is 6.65. The number of rotatable bonds is 8. The minimum Gasteiger partial charge on any atom is -0.497 e. The number of hydrogen-bond acceptors (Lipinski definition) is 5. The number of likely N-dealkylation sites (N-methyl/N-ethyl adjacent to an activating group) is 1. The van der Waals surface area contributed by atoms with Gasteiger partial charge in [0.25, 0.3) is 5.91 Å². The van der Waals surface area contributed by atoms with Crippen LogP contribution < -0.4 is 10.1 Å². The molecule has 1 aliphatic carbocycles. The third-order valence-electron chi connectivity index (χ3n) is 4.92. The highest BCUT2D eigenvalue weighted by molar-refractivity contribution is 5.93. The van der Waals surface area contributed by atoms with Gasteiger partial charge in [0.15, 0.2) is 0 Å². The number of aromatic amines is 1. The van der Waals surface area contributed by atoms with Gasteiger partial charge in [-0.2, -0.15) is 5.10 Å². The van der Waals surface area contributed by atoms with Crippen molar-refractivity contribution in [1.29, 1.82) is 0 Å². The lowest BCUT2D eigenvalue weighted by Crippen LogP contribution is -2.54. The number of aromatic nitrogens is 2. The molecule has 1 saturated carbocycles. The van der Waals surface area contributed by atoms with Crippen molar-refractivity contribution < 1.29 is 19.4 Å². The summed E-state index contributed by atoms with van der Waals surface area (Å²) < 4.78 is 5.14. The van der Waals surface area contributed by atoms with Crippen LogP contribution >= 0.6 is 0 Å². The Morgan fingerprint density at radius 1 is 1.33 bits per heavy atom. The number of ether oxygens (including phenoxy) is 1. The highest BCUT2D eigenvalue weighted by Crippen LogP contribution is 2.26. The lowest BCUT2D eigenvalue weighted by molar-refractivity contribution is -0.139. The molecule has 2 aromatic rings. The number of nitrogens with zero attached hydrogens (tertiary/aromatic N) is 2. The van der Waals surface area contributed by atoms with Crippen LogP contribution in [0.3, 0.4) is 0 Å². The molecule has 144 valence electrons. The van der Waals surface area contributed by atoms with Crippen LogP contribution in [0.5, 0.6) is 5.75 Å². The Morgan fingerprint density at radius 3 is 2.63 bits per heavy atom. The molecule has 27 heavy (non-hydrogen) atoms.